The Morgan fingerprint density at radius 3 is 2.34 bits per heavy atom. The fourth-order valence-electron chi connectivity index (χ4n) is 3.83. The summed E-state index contributed by atoms with van der Waals surface area (Å²) in [6.45, 7) is 6.62. The SMILES string of the molecule is CCNC(=NCCCNc1ccccc1)NC1CCN(c2cc(OC)cc(OC)c2)CC1. The summed E-state index contributed by atoms with van der Waals surface area (Å²) in [7, 11) is 3.38. The Hall–Kier alpha value is -3.09. The van der Waals surface area contributed by atoms with Crippen molar-refractivity contribution in [2.24, 2.45) is 4.99 Å². The van der Waals surface area contributed by atoms with Crippen molar-refractivity contribution in [3.8, 4) is 11.5 Å². The first-order chi connectivity index (χ1) is 15.7. The van der Waals surface area contributed by atoms with Gasteiger partial charge >= 0.3 is 0 Å². The van der Waals surface area contributed by atoms with Crippen LogP contribution in [0.4, 0.5) is 11.4 Å². The third-order valence-corrected chi connectivity index (χ3v) is 5.59. The van der Waals surface area contributed by atoms with Crippen molar-refractivity contribution in [2.45, 2.75) is 32.2 Å². The summed E-state index contributed by atoms with van der Waals surface area (Å²) < 4.78 is 10.8. The molecule has 174 valence electrons. The summed E-state index contributed by atoms with van der Waals surface area (Å²) in [4.78, 5) is 7.16. The van der Waals surface area contributed by atoms with E-state index < -0.39 is 0 Å². The molecule has 0 spiro atoms. The van der Waals surface area contributed by atoms with Gasteiger partial charge in [-0.1, -0.05) is 18.2 Å². The number of aliphatic imine (C=N–C) groups is 1. The average molecular weight is 440 g/mol. The highest BCUT2D eigenvalue weighted by molar-refractivity contribution is 5.80. The second-order valence-electron chi connectivity index (χ2n) is 7.88. The Balaban J connectivity index is 1.45. The molecule has 0 radical (unpaired) electrons. The lowest BCUT2D eigenvalue weighted by Crippen LogP contribution is -2.48. The molecule has 2 aromatic carbocycles. The van der Waals surface area contributed by atoms with E-state index in [0.717, 1.165) is 80.8 Å². The molecule has 0 atom stereocenters. The molecule has 2 aromatic rings. The lowest BCUT2D eigenvalue weighted by Gasteiger charge is -2.34. The van der Waals surface area contributed by atoms with Gasteiger partial charge in [-0.15, -0.1) is 0 Å². The van der Waals surface area contributed by atoms with Gasteiger partial charge in [-0.25, -0.2) is 0 Å². The fourth-order valence-corrected chi connectivity index (χ4v) is 3.83. The van der Waals surface area contributed by atoms with Gasteiger partial charge in [-0.05, 0) is 38.3 Å². The molecule has 1 aliphatic rings. The Morgan fingerprint density at radius 2 is 1.72 bits per heavy atom. The number of para-hydroxylation sites is 1. The normalized spacial score (nSPS) is 14.7. The number of guanidine groups is 1. The zero-order chi connectivity index (χ0) is 22.6. The van der Waals surface area contributed by atoms with Gasteiger partial charge in [0.2, 0.25) is 0 Å². The minimum Gasteiger partial charge on any atom is -0.497 e. The highest BCUT2D eigenvalue weighted by Gasteiger charge is 2.21. The monoisotopic (exact) mass is 439 g/mol. The molecule has 1 fully saturated rings. The number of piperidine rings is 1. The number of hydrogen-bond donors (Lipinski definition) is 3. The van der Waals surface area contributed by atoms with Crippen LogP contribution in [0.25, 0.3) is 0 Å². The number of anilines is 2. The van der Waals surface area contributed by atoms with Crippen molar-refractivity contribution in [3.05, 3.63) is 48.5 Å². The lowest BCUT2D eigenvalue weighted by atomic mass is 10.0. The minimum absolute atomic E-state index is 0.416. The number of ether oxygens (including phenoxy) is 2. The molecule has 0 aliphatic carbocycles. The topological polar surface area (TPSA) is 70.2 Å². The zero-order valence-electron chi connectivity index (χ0n) is 19.6. The molecule has 7 nitrogen and oxygen atoms in total. The van der Waals surface area contributed by atoms with Gasteiger partial charge in [0.25, 0.3) is 0 Å². The van der Waals surface area contributed by atoms with Crippen LogP contribution in [0.5, 0.6) is 11.5 Å². The molecule has 0 aromatic heterocycles. The van der Waals surface area contributed by atoms with Crippen LogP contribution in [-0.2, 0) is 0 Å². The van der Waals surface area contributed by atoms with E-state index in [1.165, 1.54) is 0 Å². The highest BCUT2D eigenvalue weighted by Crippen LogP contribution is 2.30. The van der Waals surface area contributed by atoms with E-state index >= 15 is 0 Å². The molecule has 3 rings (SSSR count). The summed E-state index contributed by atoms with van der Waals surface area (Å²) in [5, 5.41) is 10.4. The van der Waals surface area contributed by atoms with Gasteiger partial charge in [0.1, 0.15) is 11.5 Å². The number of nitrogens with one attached hydrogen (secondary N) is 3. The first-order valence-corrected chi connectivity index (χ1v) is 11.5. The van der Waals surface area contributed by atoms with E-state index in [1.54, 1.807) is 14.2 Å². The molecule has 0 amide bonds. The number of rotatable bonds is 10. The van der Waals surface area contributed by atoms with Crippen molar-refractivity contribution in [1.29, 1.82) is 0 Å². The second kappa shape index (κ2) is 12.7. The van der Waals surface area contributed by atoms with Gasteiger partial charge in [-0.2, -0.15) is 0 Å². The Bertz CT molecular complexity index is 813. The van der Waals surface area contributed by atoms with E-state index in [2.05, 4.69) is 52.0 Å². The molecule has 0 saturated carbocycles. The van der Waals surface area contributed by atoms with Crippen molar-refractivity contribution in [2.75, 3.05) is 57.2 Å². The number of methoxy groups -OCH3 is 2. The maximum atomic E-state index is 5.42. The standard InChI is InChI=1S/C25H37N5O2/c1-4-26-25(28-14-8-13-27-20-9-6-5-7-10-20)29-21-11-15-30(16-12-21)22-17-23(31-2)19-24(18-22)32-3/h5-7,9-10,17-19,21,27H,4,8,11-16H2,1-3H3,(H2,26,28,29). The number of nitrogens with zero attached hydrogens (tertiary/aromatic N) is 2. The summed E-state index contributed by atoms with van der Waals surface area (Å²) in [5.41, 5.74) is 2.30. The van der Waals surface area contributed by atoms with Crippen LogP contribution in [0, 0.1) is 0 Å². The molecule has 7 heteroatoms. The van der Waals surface area contributed by atoms with E-state index in [1.807, 2.05) is 24.3 Å². The molecule has 0 unspecified atom stereocenters. The second-order valence-corrected chi connectivity index (χ2v) is 7.88. The molecular weight excluding hydrogens is 402 g/mol. The lowest BCUT2D eigenvalue weighted by molar-refractivity contribution is 0.393. The smallest absolute Gasteiger partial charge is 0.191 e. The molecule has 1 heterocycles. The van der Waals surface area contributed by atoms with Gasteiger partial charge in [0.15, 0.2) is 5.96 Å². The summed E-state index contributed by atoms with van der Waals surface area (Å²) in [6, 6.07) is 16.8. The van der Waals surface area contributed by atoms with Crippen LogP contribution in [0.2, 0.25) is 0 Å². The van der Waals surface area contributed by atoms with Crippen molar-refractivity contribution < 1.29 is 9.47 Å². The van der Waals surface area contributed by atoms with Gasteiger partial charge in [0, 0.05) is 68.3 Å². The average Bonchev–Trinajstić information content (AvgIpc) is 2.84. The number of hydrogen-bond acceptors (Lipinski definition) is 5. The van der Waals surface area contributed by atoms with Crippen molar-refractivity contribution >= 4 is 17.3 Å². The van der Waals surface area contributed by atoms with Crippen molar-refractivity contribution in [3.63, 3.8) is 0 Å². The van der Waals surface area contributed by atoms with Crippen LogP contribution in [-0.4, -0.2) is 58.9 Å². The first-order valence-electron chi connectivity index (χ1n) is 11.5. The summed E-state index contributed by atoms with van der Waals surface area (Å²) in [5.74, 6) is 2.56. The van der Waals surface area contributed by atoms with E-state index in [4.69, 9.17) is 14.5 Å². The van der Waals surface area contributed by atoms with Gasteiger partial charge in [0.05, 0.1) is 14.2 Å². The summed E-state index contributed by atoms with van der Waals surface area (Å²) >= 11 is 0. The quantitative estimate of drug-likeness (QED) is 0.298. The van der Waals surface area contributed by atoms with Crippen LogP contribution in [0.1, 0.15) is 26.2 Å². The van der Waals surface area contributed by atoms with Crippen LogP contribution in [0.15, 0.2) is 53.5 Å². The minimum atomic E-state index is 0.416. The van der Waals surface area contributed by atoms with Crippen LogP contribution >= 0.6 is 0 Å². The third-order valence-electron chi connectivity index (χ3n) is 5.59. The van der Waals surface area contributed by atoms with E-state index in [-0.39, 0.29) is 0 Å². The third kappa shape index (κ3) is 7.25. The van der Waals surface area contributed by atoms with Crippen molar-refractivity contribution in [1.82, 2.24) is 10.6 Å². The highest BCUT2D eigenvalue weighted by atomic mass is 16.5. The maximum Gasteiger partial charge on any atom is 0.191 e. The Morgan fingerprint density at radius 1 is 1.03 bits per heavy atom. The molecule has 0 bridgehead atoms. The predicted molar refractivity (Wildman–Crippen MR) is 133 cm³/mol. The maximum absolute atomic E-state index is 5.42. The zero-order valence-corrected chi connectivity index (χ0v) is 19.6. The Labute approximate surface area is 192 Å². The molecule has 3 N–H and O–H groups in total. The largest absolute Gasteiger partial charge is 0.497 e. The van der Waals surface area contributed by atoms with Gasteiger partial charge in [-0.3, -0.25) is 4.99 Å². The van der Waals surface area contributed by atoms with E-state index in [9.17, 15) is 0 Å². The molecule has 1 saturated heterocycles. The molecule has 1 aliphatic heterocycles. The Kier molecular flexibility index (Phi) is 9.35. The first kappa shape index (κ1) is 23.6. The van der Waals surface area contributed by atoms with Gasteiger partial charge < -0.3 is 30.3 Å². The van der Waals surface area contributed by atoms with Crippen LogP contribution in [0.3, 0.4) is 0 Å². The number of benzene rings is 2. The fraction of sp³-hybridized carbons (Fsp3) is 0.480. The predicted octanol–water partition coefficient (Wildman–Crippen LogP) is 3.73. The molecule has 32 heavy (non-hydrogen) atoms. The molecular formula is C25H37N5O2. The van der Waals surface area contributed by atoms with Crippen LogP contribution < -0.4 is 30.3 Å². The van der Waals surface area contributed by atoms with E-state index in [0.29, 0.717) is 6.04 Å². The summed E-state index contributed by atoms with van der Waals surface area (Å²) in [6.07, 6.45) is 3.10.